The van der Waals surface area contributed by atoms with Crippen LogP contribution < -0.4 is 4.74 Å². The Hall–Kier alpha value is -1.91. The SMILES string of the molecule is CCCCOc1ccc([S+](C)C)cc1.O=S(=O)([O-])C(F)(F)C(F)(F)C(F)(F)C(F)(F)C(F)(F)C(F)(F)C(F)(F)C(F)(F)F. The van der Waals surface area contributed by atoms with Crippen molar-refractivity contribution in [3.05, 3.63) is 24.3 Å². The van der Waals surface area contributed by atoms with E-state index in [1.165, 1.54) is 11.3 Å². The highest BCUT2D eigenvalue weighted by atomic mass is 32.2. The molecule has 23 heteroatoms. The van der Waals surface area contributed by atoms with E-state index in [0.717, 1.165) is 18.8 Å². The monoisotopic (exact) mass is 710 g/mol. The zero-order valence-corrected chi connectivity index (χ0v) is 22.9. The van der Waals surface area contributed by atoms with Crippen molar-refractivity contribution in [3.63, 3.8) is 0 Å². The third-order valence-electron chi connectivity index (χ3n) is 5.07. The normalized spacial score (nSPS) is 14.8. The topological polar surface area (TPSA) is 66.4 Å². The molecule has 1 aromatic carbocycles. The van der Waals surface area contributed by atoms with Gasteiger partial charge in [0.05, 0.1) is 6.61 Å². The Morgan fingerprint density at radius 1 is 0.651 bits per heavy atom. The summed E-state index contributed by atoms with van der Waals surface area (Å²) in [6.45, 7) is 3.01. The van der Waals surface area contributed by atoms with Crippen LogP contribution in [0, 0.1) is 0 Å². The summed E-state index contributed by atoms with van der Waals surface area (Å²) in [6, 6.07) is 8.45. The van der Waals surface area contributed by atoms with Gasteiger partial charge in [0, 0.05) is 10.9 Å². The molecule has 0 saturated heterocycles. The van der Waals surface area contributed by atoms with E-state index >= 15 is 0 Å². The fourth-order valence-electron chi connectivity index (χ4n) is 2.45. The van der Waals surface area contributed by atoms with Crippen LogP contribution in [-0.4, -0.2) is 79.1 Å². The highest BCUT2D eigenvalue weighted by molar-refractivity contribution is 7.95. The predicted octanol–water partition coefficient (Wildman–Crippen LogP) is 7.60. The molecule has 0 unspecified atom stereocenters. The fourth-order valence-corrected chi connectivity index (χ4v) is 3.57. The molecule has 0 amide bonds. The summed E-state index contributed by atoms with van der Waals surface area (Å²) < 4.78 is 250. The minimum absolute atomic E-state index is 0.350. The molecule has 0 saturated carbocycles. The Bertz CT molecular complexity index is 1160. The lowest BCUT2D eigenvalue weighted by atomic mass is 9.91. The molecule has 0 fully saturated rings. The molecule has 0 radical (unpaired) electrons. The van der Waals surface area contributed by atoms with Gasteiger partial charge >= 0.3 is 47.0 Å². The molecule has 0 aliphatic heterocycles. The van der Waals surface area contributed by atoms with E-state index in [1.807, 2.05) is 0 Å². The van der Waals surface area contributed by atoms with Gasteiger partial charge in [0.25, 0.3) is 0 Å². The maximum absolute atomic E-state index is 13.0. The first-order valence-corrected chi connectivity index (χ1v) is 14.2. The molecule has 0 N–H and O–H groups in total. The van der Waals surface area contributed by atoms with Crippen LogP contribution in [0.15, 0.2) is 29.2 Å². The van der Waals surface area contributed by atoms with E-state index in [1.54, 1.807) is 0 Å². The van der Waals surface area contributed by atoms with E-state index < -0.39 is 57.1 Å². The Balaban J connectivity index is 0.00000104. The molecule has 0 aliphatic rings. The molecular formula is C20H19F17O4S2. The van der Waals surface area contributed by atoms with Gasteiger partial charge in [-0.2, -0.15) is 74.6 Å². The third kappa shape index (κ3) is 7.33. The first-order chi connectivity index (χ1) is 18.7. The summed E-state index contributed by atoms with van der Waals surface area (Å²) in [6.07, 6.45) is -1.12. The molecule has 0 heterocycles. The van der Waals surface area contributed by atoms with E-state index in [2.05, 4.69) is 43.7 Å². The van der Waals surface area contributed by atoms with Crippen molar-refractivity contribution >= 4 is 21.0 Å². The van der Waals surface area contributed by atoms with Crippen LogP contribution in [0.4, 0.5) is 74.6 Å². The van der Waals surface area contributed by atoms with Crippen LogP contribution in [0.3, 0.4) is 0 Å². The van der Waals surface area contributed by atoms with Crippen molar-refractivity contribution in [2.45, 2.75) is 71.6 Å². The number of alkyl halides is 17. The molecule has 0 spiro atoms. The molecular weight excluding hydrogens is 691 g/mol. The number of hydrogen-bond donors (Lipinski definition) is 0. The molecule has 0 aromatic heterocycles. The molecule has 0 bridgehead atoms. The second-order valence-corrected chi connectivity index (χ2v) is 11.9. The zero-order valence-electron chi connectivity index (χ0n) is 21.3. The maximum Gasteiger partial charge on any atom is 0.460 e. The maximum atomic E-state index is 13.0. The molecule has 1 aromatic rings. The molecule has 254 valence electrons. The number of hydrogen-bond acceptors (Lipinski definition) is 4. The lowest BCUT2D eigenvalue weighted by Crippen LogP contribution is -2.75. The summed E-state index contributed by atoms with van der Waals surface area (Å²) in [5.74, 6) is -51.2. The van der Waals surface area contributed by atoms with Gasteiger partial charge in [-0.05, 0) is 30.7 Å². The standard InChI is InChI=1S/C12H19OS.C8HF17O3S/c1-4-5-10-13-11-6-8-12(9-7-11)14(2)3;9-1(10,3(13,14)5(17,18)7(21,22)23)2(11,12)4(15,16)6(19,20)8(24,25)29(26,27)28/h6-9H,4-5,10H2,1-3H3;(H,26,27,28)/q+1;/p-1. The second-order valence-electron chi connectivity index (χ2n) is 8.40. The van der Waals surface area contributed by atoms with Gasteiger partial charge in [-0.15, -0.1) is 0 Å². The first kappa shape index (κ1) is 41.1. The summed E-state index contributed by atoms with van der Waals surface area (Å²) in [4.78, 5) is 1.40. The van der Waals surface area contributed by atoms with Gasteiger partial charge < -0.3 is 9.29 Å². The Labute approximate surface area is 234 Å². The molecule has 4 nitrogen and oxygen atoms in total. The van der Waals surface area contributed by atoms with Crippen molar-refractivity contribution in [1.29, 1.82) is 0 Å². The smallest absolute Gasteiger partial charge is 0.460 e. The minimum Gasteiger partial charge on any atom is -0.743 e. The van der Waals surface area contributed by atoms with Crippen molar-refractivity contribution in [1.82, 2.24) is 0 Å². The zero-order chi connectivity index (χ0) is 34.9. The van der Waals surface area contributed by atoms with Crippen LogP contribution in [0.25, 0.3) is 0 Å². The summed E-state index contributed by atoms with van der Waals surface area (Å²) in [5.41, 5.74) is 0. The van der Waals surface area contributed by atoms with E-state index in [9.17, 15) is 87.6 Å². The largest absolute Gasteiger partial charge is 0.743 e. The summed E-state index contributed by atoms with van der Waals surface area (Å²) in [7, 11) is -7.79. The van der Waals surface area contributed by atoms with Gasteiger partial charge in [0.2, 0.25) is 0 Å². The average molecular weight is 710 g/mol. The number of rotatable bonds is 12. The van der Waals surface area contributed by atoms with Gasteiger partial charge in [-0.25, -0.2) is 8.42 Å². The summed E-state index contributed by atoms with van der Waals surface area (Å²) in [5, 5.41) is -7.95. The highest BCUT2D eigenvalue weighted by Gasteiger charge is 2.95. The van der Waals surface area contributed by atoms with Gasteiger partial charge in [0.15, 0.2) is 15.0 Å². The molecule has 1 rings (SSSR count). The quantitative estimate of drug-likeness (QED) is 0.0971. The number of halogens is 17. The molecule has 0 atom stereocenters. The van der Waals surface area contributed by atoms with Crippen molar-refractivity contribution in [2.24, 2.45) is 0 Å². The van der Waals surface area contributed by atoms with Crippen LogP contribution in [0.5, 0.6) is 5.75 Å². The van der Waals surface area contributed by atoms with Crippen LogP contribution in [0.2, 0.25) is 0 Å². The Morgan fingerprint density at radius 2 is 1.00 bits per heavy atom. The van der Waals surface area contributed by atoms with E-state index in [4.69, 9.17) is 4.74 Å². The van der Waals surface area contributed by atoms with Crippen LogP contribution >= 0.6 is 0 Å². The van der Waals surface area contributed by atoms with E-state index in [-0.39, 0.29) is 0 Å². The third-order valence-corrected chi connectivity index (χ3v) is 7.17. The fraction of sp³-hybridized carbons (Fsp3) is 0.700. The van der Waals surface area contributed by atoms with Crippen LogP contribution in [0.1, 0.15) is 19.8 Å². The average Bonchev–Trinajstić information content (AvgIpc) is 2.82. The lowest BCUT2D eigenvalue weighted by Gasteiger charge is -2.42. The lowest BCUT2D eigenvalue weighted by molar-refractivity contribution is -0.458. The Morgan fingerprint density at radius 3 is 1.30 bits per heavy atom. The van der Waals surface area contributed by atoms with Gasteiger partial charge in [-0.3, -0.25) is 0 Å². The number of ether oxygens (including phenoxy) is 1. The second kappa shape index (κ2) is 12.8. The number of benzene rings is 1. The number of unbranched alkanes of at least 4 members (excludes halogenated alkanes) is 1. The van der Waals surface area contributed by atoms with Crippen molar-refractivity contribution < 1.29 is 92.3 Å². The summed E-state index contributed by atoms with van der Waals surface area (Å²) >= 11 is 0. The van der Waals surface area contributed by atoms with Gasteiger partial charge in [0.1, 0.15) is 18.3 Å². The van der Waals surface area contributed by atoms with Crippen molar-refractivity contribution in [3.8, 4) is 5.75 Å². The van der Waals surface area contributed by atoms with E-state index in [0.29, 0.717) is 10.9 Å². The minimum atomic E-state index is -8.92. The molecule has 43 heavy (non-hydrogen) atoms. The predicted molar refractivity (Wildman–Crippen MR) is 115 cm³/mol. The Kier molecular flexibility index (Phi) is 12.3. The van der Waals surface area contributed by atoms with Crippen LogP contribution in [-0.2, 0) is 21.0 Å². The molecule has 0 aliphatic carbocycles. The highest BCUT2D eigenvalue weighted by Crippen LogP contribution is 2.64. The van der Waals surface area contributed by atoms with Crippen molar-refractivity contribution in [2.75, 3.05) is 19.1 Å². The van der Waals surface area contributed by atoms with Gasteiger partial charge in [-0.1, -0.05) is 13.3 Å². The first-order valence-electron chi connectivity index (χ1n) is 10.7.